The number of fused-ring (bicyclic) bond motifs is 1. The summed E-state index contributed by atoms with van der Waals surface area (Å²) in [5.74, 6) is -0.989. The molecule has 1 unspecified atom stereocenters. The number of carboxylic acid groups (broad SMARTS) is 1. The van der Waals surface area contributed by atoms with E-state index in [0.717, 1.165) is 10.8 Å². The second kappa shape index (κ2) is 4.18. The Kier molecular flexibility index (Phi) is 2.86. The quantitative estimate of drug-likeness (QED) is 0.849. The number of hydrogen-bond donors (Lipinski definition) is 2. The van der Waals surface area contributed by atoms with E-state index in [4.69, 9.17) is 5.73 Å². The van der Waals surface area contributed by atoms with Gasteiger partial charge in [0.05, 0.1) is 0 Å². The van der Waals surface area contributed by atoms with Crippen LogP contribution in [-0.2, 0) is 10.3 Å². The van der Waals surface area contributed by atoms with E-state index in [1.165, 1.54) is 0 Å². The van der Waals surface area contributed by atoms with Gasteiger partial charge in [-0.2, -0.15) is 0 Å². The first-order valence-electron chi connectivity index (χ1n) is 5.60. The van der Waals surface area contributed by atoms with Crippen molar-refractivity contribution in [1.29, 1.82) is 0 Å². The van der Waals surface area contributed by atoms with Gasteiger partial charge >= 0.3 is 5.97 Å². The van der Waals surface area contributed by atoms with Crippen LogP contribution in [0.3, 0.4) is 0 Å². The molecule has 0 amide bonds. The van der Waals surface area contributed by atoms with Gasteiger partial charge in [-0.3, -0.25) is 0 Å². The molecule has 0 bridgehead atoms. The summed E-state index contributed by atoms with van der Waals surface area (Å²) in [6.45, 7) is 1.79. The molecular formula is C14H15NO2. The van der Waals surface area contributed by atoms with Gasteiger partial charge in [0.1, 0.15) is 5.54 Å². The highest BCUT2D eigenvalue weighted by Gasteiger charge is 2.35. The smallest absolute Gasteiger partial charge is 0.328 e. The molecule has 0 radical (unpaired) electrons. The maximum atomic E-state index is 11.4. The topological polar surface area (TPSA) is 63.3 Å². The fourth-order valence-electron chi connectivity index (χ4n) is 2.07. The minimum Gasteiger partial charge on any atom is -0.480 e. The minimum atomic E-state index is -1.32. The Morgan fingerprint density at radius 3 is 2.53 bits per heavy atom. The predicted molar refractivity (Wildman–Crippen MR) is 67.7 cm³/mol. The summed E-state index contributed by atoms with van der Waals surface area (Å²) in [6.07, 6.45) is 0.357. The summed E-state index contributed by atoms with van der Waals surface area (Å²) in [5, 5.41) is 11.2. The van der Waals surface area contributed by atoms with Gasteiger partial charge in [0.25, 0.3) is 0 Å². The lowest BCUT2D eigenvalue weighted by Crippen LogP contribution is -2.44. The molecular weight excluding hydrogens is 214 g/mol. The van der Waals surface area contributed by atoms with E-state index < -0.39 is 11.5 Å². The Bertz CT molecular complexity index is 560. The zero-order chi connectivity index (χ0) is 12.5. The molecule has 17 heavy (non-hydrogen) atoms. The van der Waals surface area contributed by atoms with Crippen LogP contribution in [0.5, 0.6) is 0 Å². The summed E-state index contributed by atoms with van der Waals surface area (Å²) < 4.78 is 0. The van der Waals surface area contributed by atoms with Crippen LogP contribution in [0.2, 0.25) is 0 Å². The number of rotatable bonds is 3. The van der Waals surface area contributed by atoms with Crippen LogP contribution in [-0.4, -0.2) is 11.1 Å². The molecule has 0 saturated carbocycles. The third-order valence-electron chi connectivity index (χ3n) is 3.21. The monoisotopic (exact) mass is 229 g/mol. The van der Waals surface area contributed by atoms with Gasteiger partial charge in [0.15, 0.2) is 0 Å². The molecule has 3 N–H and O–H groups in total. The van der Waals surface area contributed by atoms with Crippen LogP contribution in [0, 0.1) is 0 Å². The molecule has 0 aliphatic rings. The van der Waals surface area contributed by atoms with E-state index in [1.54, 1.807) is 13.0 Å². The van der Waals surface area contributed by atoms with Gasteiger partial charge in [-0.25, -0.2) is 4.79 Å². The van der Waals surface area contributed by atoms with E-state index >= 15 is 0 Å². The molecule has 88 valence electrons. The minimum absolute atomic E-state index is 0.357. The molecule has 0 fully saturated rings. The number of carboxylic acids is 1. The molecule has 2 aromatic carbocycles. The Hall–Kier alpha value is -1.87. The maximum Gasteiger partial charge on any atom is 0.328 e. The average Bonchev–Trinajstić information content (AvgIpc) is 2.37. The number of benzene rings is 2. The molecule has 0 aromatic heterocycles. The lowest BCUT2D eigenvalue weighted by Gasteiger charge is -2.25. The highest BCUT2D eigenvalue weighted by molar-refractivity contribution is 5.92. The van der Waals surface area contributed by atoms with Crippen molar-refractivity contribution in [1.82, 2.24) is 0 Å². The lowest BCUT2D eigenvalue weighted by atomic mass is 9.85. The van der Waals surface area contributed by atoms with Crippen molar-refractivity contribution in [2.45, 2.75) is 18.9 Å². The third-order valence-corrected chi connectivity index (χ3v) is 3.21. The van der Waals surface area contributed by atoms with Gasteiger partial charge in [0, 0.05) is 0 Å². The molecule has 0 aliphatic heterocycles. The van der Waals surface area contributed by atoms with Crippen LogP contribution in [0.25, 0.3) is 10.8 Å². The first-order valence-corrected chi connectivity index (χ1v) is 5.60. The molecule has 3 nitrogen and oxygen atoms in total. The fourth-order valence-corrected chi connectivity index (χ4v) is 2.07. The van der Waals surface area contributed by atoms with Crippen molar-refractivity contribution < 1.29 is 9.90 Å². The normalized spacial score (nSPS) is 14.5. The fraction of sp³-hybridized carbons (Fsp3) is 0.214. The molecule has 0 saturated heterocycles. The molecule has 2 aromatic rings. The van der Waals surface area contributed by atoms with Crippen LogP contribution >= 0.6 is 0 Å². The van der Waals surface area contributed by atoms with Crippen molar-refractivity contribution in [2.75, 3.05) is 0 Å². The average molecular weight is 229 g/mol. The van der Waals surface area contributed by atoms with E-state index in [-0.39, 0.29) is 0 Å². The first kappa shape index (κ1) is 11.6. The van der Waals surface area contributed by atoms with E-state index in [2.05, 4.69) is 0 Å². The Labute approximate surface area is 99.9 Å². The molecule has 0 heterocycles. The van der Waals surface area contributed by atoms with Crippen LogP contribution in [0.15, 0.2) is 42.5 Å². The predicted octanol–water partition coefficient (Wildman–Crippen LogP) is 2.49. The highest BCUT2D eigenvalue weighted by atomic mass is 16.4. The highest BCUT2D eigenvalue weighted by Crippen LogP contribution is 2.29. The van der Waals surface area contributed by atoms with Crippen LogP contribution < -0.4 is 5.73 Å². The number of hydrogen-bond acceptors (Lipinski definition) is 2. The maximum absolute atomic E-state index is 11.4. The molecule has 3 heteroatoms. The van der Waals surface area contributed by atoms with E-state index in [1.807, 2.05) is 36.4 Å². The summed E-state index contributed by atoms with van der Waals surface area (Å²) in [4.78, 5) is 11.4. The Morgan fingerprint density at radius 1 is 1.24 bits per heavy atom. The van der Waals surface area contributed by atoms with Crippen molar-refractivity contribution >= 4 is 16.7 Å². The molecule has 2 rings (SSSR count). The zero-order valence-corrected chi connectivity index (χ0v) is 9.68. The van der Waals surface area contributed by atoms with Crippen molar-refractivity contribution in [3.63, 3.8) is 0 Å². The summed E-state index contributed by atoms with van der Waals surface area (Å²) in [5.41, 5.74) is 5.38. The zero-order valence-electron chi connectivity index (χ0n) is 9.68. The molecule has 0 spiro atoms. The second-order valence-corrected chi connectivity index (χ2v) is 4.16. The summed E-state index contributed by atoms with van der Waals surface area (Å²) in [6, 6.07) is 13.3. The molecule has 1 atom stereocenters. The first-order chi connectivity index (χ1) is 8.09. The van der Waals surface area contributed by atoms with Gasteiger partial charge in [-0.1, -0.05) is 49.4 Å². The van der Waals surface area contributed by atoms with Crippen LogP contribution in [0.4, 0.5) is 0 Å². The van der Waals surface area contributed by atoms with Gasteiger partial charge < -0.3 is 10.8 Å². The van der Waals surface area contributed by atoms with Crippen molar-refractivity contribution in [2.24, 2.45) is 5.73 Å². The SMILES string of the molecule is CCC(N)(C(=O)O)c1cccc2ccccc12. The van der Waals surface area contributed by atoms with Gasteiger partial charge in [0.2, 0.25) is 0 Å². The second-order valence-electron chi connectivity index (χ2n) is 4.16. The Balaban J connectivity index is 2.74. The van der Waals surface area contributed by atoms with E-state index in [9.17, 15) is 9.90 Å². The van der Waals surface area contributed by atoms with Crippen molar-refractivity contribution in [3.05, 3.63) is 48.0 Å². The van der Waals surface area contributed by atoms with Gasteiger partial charge in [-0.15, -0.1) is 0 Å². The molecule has 0 aliphatic carbocycles. The van der Waals surface area contributed by atoms with Crippen molar-refractivity contribution in [3.8, 4) is 0 Å². The summed E-state index contributed by atoms with van der Waals surface area (Å²) in [7, 11) is 0. The number of nitrogens with two attached hydrogens (primary N) is 1. The Morgan fingerprint density at radius 2 is 1.88 bits per heavy atom. The van der Waals surface area contributed by atoms with Gasteiger partial charge in [-0.05, 0) is 22.8 Å². The third kappa shape index (κ3) is 1.78. The summed E-state index contributed by atoms with van der Waals surface area (Å²) >= 11 is 0. The standard InChI is InChI=1S/C14H15NO2/c1-2-14(15,13(16)17)12-9-5-7-10-6-3-4-8-11(10)12/h3-9H,2,15H2,1H3,(H,16,17). The lowest BCUT2D eigenvalue weighted by molar-refractivity contribution is -0.143. The largest absolute Gasteiger partial charge is 0.480 e. The van der Waals surface area contributed by atoms with Crippen LogP contribution in [0.1, 0.15) is 18.9 Å². The number of carbonyl (C=O) groups is 1. The number of aliphatic carboxylic acids is 1. The van der Waals surface area contributed by atoms with E-state index in [0.29, 0.717) is 12.0 Å².